The molecule has 0 atom stereocenters. The fourth-order valence-corrected chi connectivity index (χ4v) is 2.34. The van der Waals surface area contributed by atoms with Crippen LogP contribution in [-0.2, 0) is 6.42 Å². The first-order valence-electron chi connectivity index (χ1n) is 6.73. The van der Waals surface area contributed by atoms with Crippen molar-refractivity contribution in [3.63, 3.8) is 0 Å². The van der Waals surface area contributed by atoms with Gasteiger partial charge in [-0.05, 0) is 41.2 Å². The van der Waals surface area contributed by atoms with E-state index in [2.05, 4.69) is 60.2 Å². The molecule has 0 amide bonds. The molecule has 3 rings (SSSR count). The maximum Gasteiger partial charge on any atom is 0.137 e. The molecule has 2 aromatic heterocycles. The van der Waals surface area contributed by atoms with Crippen LogP contribution in [0, 0.1) is 0 Å². The molecule has 1 N–H and O–H groups in total. The van der Waals surface area contributed by atoms with Gasteiger partial charge >= 0.3 is 0 Å². The van der Waals surface area contributed by atoms with Crippen molar-refractivity contribution >= 4 is 11.0 Å². The summed E-state index contributed by atoms with van der Waals surface area (Å²) in [6.45, 7) is 4.44. The SMILES string of the molecule is CC(C)c1ccc(Cc2cnc3[nH]ccc3c2)cc1. The van der Waals surface area contributed by atoms with E-state index in [1.165, 1.54) is 22.1 Å². The van der Waals surface area contributed by atoms with E-state index in [0.717, 1.165) is 12.1 Å². The van der Waals surface area contributed by atoms with E-state index in [1.807, 2.05) is 12.4 Å². The Bertz CT molecular complexity index is 678. The highest BCUT2D eigenvalue weighted by Crippen LogP contribution is 2.18. The van der Waals surface area contributed by atoms with Crippen LogP contribution in [0.1, 0.15) is 36.5 Å². The zero-order valence-electron chi connectivity index (χ0n) is 11.4. The Kier molecular flexibility index (Phi) is 3.08. The van der Waals surface area contributed by atoms with Gasteiger partial charge in [0.05, 0.1) is 0 Å². The van der Waals surface area contributed by atoms with Crippen LogP contribution < -0.4 is 0 Å². The van der Waals surface area contributed by atoms with Gasteiger partial charge < -0.3 is 4.98 Å². The van der Waals surface area contributed by atoms with Crippen LogP contribution in [0.5, 0.6) is 0 Å². The van der Waals surface area contributed by atoms with E-state index in [1.54, 1.807) is 0 Å². The molecule has 96 valence electrons. The maximum absolute atomic E-state index is 4.43. The molecule has 3 aromatic rings. The Hall–Kier alpha value is -2.09. The molecule has 1 aromatic carbocycles. The normalized spacial score (nSPS) is 11.3. The number of hydrogen-bond donors (Lipinski definition) is 1. The van der Waals surface area contributed by atoms with Gasteiger partial charge in [0.2, 0.25) is 0 Å². The highest BCUT2D eigenvalue weighted by atomic mass is 14.8. The Balaban J connectivity index is 1.83. The Labute approximate surface area is 113 Å². The molecule has 0 spiro atoms. The third-order valence-electron chi connectivity index (χ3n) is 3.51. The Morgan fingerprint density at radius 3 is 2.58 bits per heavy atom. The summed E-state index contributed by atoms with van der Waals surface area (Å²) in [5.74, 6) is 0.590. The summed E-state index contributed by atoms with van der Waals surface area (Å²) < 4.78 is 0. The van der Waals surface area contributed by atoms with E-state index in [0.29, 0.717) is 5.92 Å². The molecule has 0 aliphatic carbocycles. The third kappa shape index (κ3) is 2.53. The number of rotatable bonds is 3. The number of hydrogen-bond acceptors (Lipinski definition) is 1. The van der Waals surface area contributed by atoms with Gasteiger partial charge in [-0.1, -0.05) is 38.1 Å². The van der Waals surface area contributed by atoms with Crippen molar-refractivity contribution in [2.75, 3.05) is 0 Å². The molecule has 2 heteroatoms. The van der Waals surface area contributed by atoms with Gasteiger partial charge in [0.1, 0.15) is 5.65 Å². The van der Waals surface area contributed by atoms with Gasteiger partial charge in [0.15, 0.2) is 0 Å². The topological polar surface area (TPSA) is 28.7 Å². The van der Waals surface area contributed by atoms with Crippen LogP contribution in [0.3, 0.4) is 0 Å². The minimum atomic E-state index is 0.590. The Morgan fingerprint density at radius 2 is 1.84 bits per heavy atom. The smallest absolute Gasteiger partial charge is 0.137 e. The van der Waals surface area contributed by atoms with Crippen LogP contribution in [0.2, 0.25) is 0 Å². The van der Waals surface area contributed by atoms with Crippen molar-refractivity contribution in [2.24, 2.45) is 0 Å². The molecule has 0 bridgehead atoms. The van der Waals surface area contributed by atoms with Crippen LogP contribution in [0.4, 0.5) is 0 Å². The second-order valence-corrected chi connectivity index (χ2v) is 5.33. The fourth-order valence-electron chi connectivity index (χ4n) is 2.34. The lowest BCUT2D eigenvalue weighted by Crippen LogP contribution is -1.92. The number of aromatic amines is 1. The van der Waals surface area contributed by atoms with E-state index >= 15 is 0 Å². The van der Waals surface area contributed by atoms with Crippen molar-refractivity contribution in [1.82, 2.24) is 9.97 Å². The number of H-pyrrole nitrogens is 1. The summed E-state index contributed by atoms with van der Waals surface area (Å²) in [6.07, 6.45) is 4.82. The lowest BCUT2D eigenvalue weighted by Gasteiger charge is -2.07. The van der Waals surface area contributed by atoms with E-state index in [9.17, 15) is 0 Å². The fraction of sp³-hybridized carbons (Fsp3) is 0.235. The monoisotopic (exact) mass is 250 g/mol. The first-order valence-corrected chi connectivity index (χ1v) is 6.73. The van der Waals surface area contributed by atoms with Crippen LogP contribution in [-0.4, -0.2) is 9.97 Å². The largest absolute Gasteiger partial charge is 0.346 e. The van der Waals surface area contributed by atoms with Gasteiger partial charge in [-0.3, -0.25) is 0 Å². The number of aromatic nitrogens is 2. The number of fused-ring (bicyclic) bond motifs is 1. The van der Waals surface area contributed by atoms with E-state index in [-0.39, 0.29) is 0 Å². The van der Waals surface area contributed by atoms with Gasteiger partial charge in [-0.2, -0.15) is 0 Å². The average Bonchev–Trinajstić information content (AvgIpc) is 2.87. The summed E-state index contributed by atoms with van der Waals surface area (Å²) in [5.41, 5.74) is 4.94. The highest BCUT2D eigenvalue weighted by molar-refractivity contribution is 5.75. The van der Waals surface area contributed by atoms with Gasteiger partial charge in [0, 0.05) is 17.8 Å². The summed E-state index contributed by atoms with van der Waals surface area (Å²) in [6, 6.07) is 13.2. The average molecular weight is 250 g/mol. The molecular formula is C17H18N2. The first-order chi connectivity index (χ1) is 9.22. The summed E-state index contributed by atoms with van der Waals surface area (Å²) >= 11 is 0. The van der Waals surface area contributed by atoms with E-state index in [4.69, 9.17) is 0 Å². The molecular weight excluding hydrogens is 232 g/mol. The minimum Gasteiger partial charge on any atom is -0.346 e. The Morgan fingerprint density at radius 1 is 1.05 bits per heavy atom. The summed E-state index contributed by atoms with van der Waals surface area (Å²) in [5, 5.41) is 1.18. The number of pyridine rings is 1. The van der Waals surface area contributed by atoms with Crippen molar-refractivity contribution in [2.45, 2.75) is 26.2 Å². The quantitative estimate of drug-likeness (QED) is 0.738. The summed E-state index contributed by atoms with van der Waals surface area (Å²) in [7, 11) is 0. The number of nitrogens with zero attached hydrogens (tertiary/aromatic N) is 1. The predicted molar refractivity (Wildman–Crippen MR) is 79.4 cm³/mol. The molecule has 2 heterocycles. The molecule has 0 saturated heterocycles. The molecule has 0 aliphatic rings. The molecule has 0 radical (unpaired) electrons. The van der Waals surface area contributed by atoms with Crippen LogP contribution in [0.25, 0.3) is 11.0 Å². The zero-order chi connectivity index (χ0) is 13.2. The number of benzene rings is 1. The third-order valence-corrected chi connectivity index (χ3v) is 3.51. The summed E-state index contributed by atoms with van der Waals surface area (Å²) in [4.78, 5) is 7.55. The standard InChI is InChI=1S/C17H18N2/c1-12(2)15-5-3-13(4-6-15)9-14-10-16-7-8-18-17(16)19-11-14/h3-8,10-12H,9H2,1-2H3,(H,18,19). The molecule has 0 unspecified atom stereocenters. The van der Waals surface area contributed by atoms with Crippen molar-refractivity contribution in [3.8, 4) is 0 Å². The predicted octanol–water partition coefficient (Wildman–Crippen LogP) is 4.28. The molecule has 2 nitrogen and oxygen atoms in total. The second kappa shape index (κ2) is 4.88. The van der Waals surface area contributed by atoms with Gasteiger partial charge in [0.25, 0.3) is 0 Å². The van der Waals surface area contributed by atoms with E-state index < -0.39 is 0 Å². The van der Waals surface area contributed by atoms with Gasteiger partial charge in [-0.15, -0.1) is 0 Å². The van der Waals surface area contributed by atoms with Crippen LogP contribution >= 0.6 is 0 Å². The van der Waals surface area contributed by atoms with Crippen LogP contribution in [0.15, 0.2) is 48.8 Å². The second-order valence-electron chi connectivity index (χ2n) is 5.33. The number of nitrogens with one attached hydrogen (secondary N) is 1. The zero-order valence-corrected chi connectivity index (χ0v) is 11.4. The van der Waals surface area contributed by atoms with Gasteiger partial charge in [-0.25, -0.2) is 4.98 Å². The lowest BCUT2D eigenvalue weighted by atomic mass is 9.99. The molecule has 0 fully saturated rings. The first kappa shape index (κ1) is 12.0. The molecule has 0 aliphatic heterocycles. The highest BCUT2D eigenvalue weighted by Gasteiger charge is 2.02. The lowest BCUT2D eigenvalue weighted by molar-refractivity contribution is 0.865. The van der Waals surface area contributed by atoms with Crippen molar-refractivity contribution in [1.29, 1.82) is 0 Å². The minimum absolute atomic E-state index is 0.590. The van der Waals surface area contributed by atoms with Crippen molar-refractivity contribution < 1.29 is 0 Å². The van der Waals surface area contributed by atoms with Crippen molar-refractivity contribution in [3.05, 3.63) is 65.5 Å². The maximum atomic E-state index is 4.43. The molecule has 19 heavy (non-hydrogen) atoms. The molecule has 0 saturated carbocycles.